The van der Waals surface area contributed by atoms with E-state index in [4.69, 9.17) is 4.74 Å². The third kappa shape index (κ3) is 7.38. The lowest BCUT2D eigenvalue weighted by atomic mass is 9.99. The second-order valence-electron chi connectivity index (χ2n) is 7.87. The lowest BCUT2D eigenvalue weighted by molar-refractivity contribution is -0.143. The minimum absolute atomic E-state index is 0.328. The second-order valence-corrected chi connectivity index (χ2v) is 7.87. The van der Waals surface area contributed by atoms with Crippen molar-refractivity contribution >= 4 is 23.9 Å². The Morgan fingerprint density at radius 3 is 2.27 bits per heavy atom. The fourth-order valence-electron chi connectivity index (χ4n) is 2.73. The number of ether oxygens (including phenoxy) is 2. The fraction of sp³-hybridized carbons (Fsp3) is 0.524. The Bertz CT molecular complexity index is 787. The zero-order chi connectivity index (χ0) is 23.1. The van der Waals surface area contributed by atoms with Gasteiger partial charge in [0.1, 0.15) is 24.2 Å². The number of carbonyl (C=O) groups excluding carboxylic acids is 4. The van der Waals surface area contributed by atoms with Crippen molar-refractivity contribution in [3.05, 3.63) is 35.4 Å². The average molecular weight is 421 g/mol. The third-order valence-electron chi connectivity index (χ3n) is 4.20. The molecule has 0 bridgehead atoms. The van der Waals surface area contributed by atoms with E-state index in [1.165, 1.54) is 26.0 Å². The van der Waals surface area contributed by atoms with Gasteiger partial charge in [-0.05, 0) is 45.7 Å². The molecule has 1 aromatic carbocycles. The van der Waals surface area contributed by atoms with Crippen molar-refractivity contribution in [2.75, 3.05) is 20.7 Å². The normalized spacial score (nSPS) is 12.9. The molecule has 9 nitrogen and oxygen atoms in total. The largest absolute Gasteiger partial charge is 0.468 e. The number of rotatable bonds is 7. The van der Waals surface area contributed by atoms with Crippen molar-refractivity contribution in [3.8, 4) is 0 Å². The predicted octanol–water partition coefficient (Wildman–Crippen LogP) is 1.70. The van der Waals surface area contributed by atoms with Crippen LogP contribution >= 0.6 is 0 Å². The summed E-state index contributed by atoms with van der Waals surface area (Å²) in [4.78, 5) is 50.5. The number of nitrogens with one attached hydrogen (secondary N) is 2. The molecule has 0 radical (unpaired) electrons. The highest BCUT2D eigenvalue weighted by atomic mass is 16.6. The molecule has 0 aliphatic heterocycles. The molecule has 166 valence electrons. The zero-order valence-electron chi connectivity index (χ0n) is 18.6. The molecule has 0 aromatic heterocycles. The van der Waals surface area contributed by atoms with Crippen LogP contribution in [0.5, 0.6) is 0 Å². The zero-order valence-corrected chi connectivity index (χ0v) is 18.6. The van der Waals surface area contributed by atoms with Crippen LogP contribution in [0.1, 0.15) is 44.9 Å². The van der Waals surface area contributed by atoms with Crippen LogP contribution in [0.4, 0.5) is 4.79 Å². The summed E-state index contributed by atoms with van der Waals surface area (Å²) in [6.45, 7) is 8.13. The first-order valence-corrected chi connectivity index (χ1v) is 9.53. The maximum atomic E-state index is 13.0. The number of amides is 3. The molecule has 2 N–H and O–H groups in total. The number of hydrogen-bond donors (Lipinski definition) is 2. The van der Waals surface area contributed by atoms with E-state index in [0.29, 0.717) is 5.56 Å². The summed E-state index contributed by atoms with van der Waals surface area (Å²) >= 11 is 0. The molecule has 3 amide bonds. The van der Waals surface area contributed by atoms with Crippen molar-refractivity contribution in [2.24, 2.45) is 0 Å². The number of methoxy groups -OCH3 is 1. The lowest BCUT2D eigenvalue weighted by Crippen LogP contribution is -2.51. The fourth-order valence-corrected chi connectivity index (χ4v) is 2.73. The van der Waals surface area contributed by atoms with Gasteiger partial charge in [-0.15, -0.1) is 0 Å². The summed E-state index contributed by atoms with van der Waals surface area (Å²) in [5.41, 5.74) is 0.680. The Morgan fingerprint density at radius 2 is 1.73 bits per heavy atom. The number of likely N-dealkylation sites (N-methyl/N-ethyl adjacent to an activating group) is 1. The molecule has 0 fully saturated rings. The third-order valence-corrected chi connectivity index (χ3v) is 4.20. The van der Waals surface area contributed by atoms with Crippen LogP contribution in [0.25, 0.3) is 0 Å². The van der Waals surface area contributed by atoms with Crippen molar-refractivity contribution in [3.63, 3.8) is 0 Å². The maximum Gasteiger partial charge on any atom is 0.408 e. The molecule has 0 aliphatic rings. The van der Waals surface area contributed by atoms with Gasteiger partial charge in [-0.2, -0.15) is 0 Å². The number of alkyl carbamates (subject to hydrolysis) is 1. The first-order valence-electron chi connectivity index (χ1n) is 9.53. The average Bonchev–Trinajstić information content (AvgIpc) is 2.65. The summed E-state index contributed by atoms with van der Waals surface area (Å²) in [5, 5.41) is 4.96. The summed E-state index contributed by atoms with van der Waals surface area (Å²) in [6, 6.07) is 5.17. The molecule has 0 spiro atoms. The Labute approximate surface area is 177 Å². The number of esters is 1. The number of carbonyl (C=O) groups is 4. The van der Waals surface area contributed by atoms with E-state index >= 15 is 0 Å². The molecule has 9 heteroatoms. The van der Waals surface area contributed by atoms with Crippen molar-refractivity contribution in [1.82, 2.24) is 15.5 Å². The molecule has 0 aliphatic carbocycles. The molecule has 2 atom stereocenters. The molecule has 0 heterocycles. The van der Waals surface area contributed by atoms with E-state index in [1.807, 2.05) is 19.1 Å². The van der Waals surface area contributed by atoms with E-state index in [2.05, 4.69) is 15.4 Å². The molecule has 0 saturated carbocycles. The van der Waals surface area contributed by atoms with E-state index in [1.54, 1.807) is 32.9 Å². The Morgan fingerprint density at radius 1 is 1.13 bits per heavy atom. The predicted molar refractivity (Wildman–Crippen MR) is 111 cm³/mol. The van der Waals surface area contributed by atoms with E-state index in [-0.39, 0.29) is 6.54 Å². The van der Waals surface area contributed by atoms with Gasteiger partial charge in [0, 0.05) is 7.05 Å². The van der Waals surface area contributed by atoms with Crippen LogP contribution < -0.4 is 10.6 Å². The molecular formula is C21H31N3O6. The second kappa shape index (κ2) is 10.6. The highest BCUT2D eigenvalue weighted by Gasteiger charge is 2.33. The monoisotopic (exact) mass is 421 g/mol. The van der Waals surface area contributed by atoms with E-state index in [0.717, 1.165) is 5.56 Å². The summed E-state index contributed by atoms with van der Waals surface area (Å²) in [6.07, 6.45) is -0.737. The molecule has 2 unspecified atom stereocenters. The van der Waals surface area contributed by atoms with Gasteiger partial charge in [0.15, 0.2) is 0 Å². The van der Waals surface area contributed by atoms with Crippen LogP contribution in [0.3, 0.4) is 0 Å². The highest BCUT2D eigenvalue weighted by molar-refractivity contribution is 5.93. The molecular weight excluding hydrogens is 390 g/mol. The first kappa shape index (κ1) is 24.9. The minimum Gasteiger partial charge on any atom is -0.468 e. The van der Waals surface area contributed by atoms with Crippen LogP contribution in [0.2, 0.25) is 0 Å². The van der Waals surface area contributed by atoms with Crippen LogP contribution in [0.15, 0.2) is 24.3 Å². The molecule has 1 aromatic rings. The quantitative estimate of drug-likeness (QED) is 0.648. The number of hydrogen-bond acceptors (Lipinski definition) is 6. The maximum absolute atomic E-state index is 13.0. The van der Waals surface area contributed by atoms with Gasteiger partial charge in [-0.1, -0.05) is 24.3 Å². The minimum atomic E-state index is -1.01. The van der Waals surface area contributed by atoms with Gasteiger partial charge in [0.2, 0.25) is 11.8 Å². The van der Waals surface area contributed by atoms with Crippen LogP contribution in [0, 0.1) is 6.92 Å². The Hall–Kier alpha value is -3.10. The van der Waals surface area contributed by atoms with Crippen molar-refractivity contribution < 1.29 is 28.7 Å². The van der Waals surface area contributed by atoms with Gasteiger partial charge in [0.25, 0.3) is 0 Å². The summed E-state index contributed by atoms with van der Waals surface area (Å²) in [7, 11) is 2.68. The van der Waals surface area contributed by atoms with Gasteiger partial charge >= 0.3 is 12.1 Å². The number of aryl methyl sites for hydroxylation is 1. The summed E-state index contributed by atoms with van der Waals surface area (Å²) in [5.74, 6) is -1.65. The summed E-state index contributed by atoms with van der Waals surface area (Å²) < 4.78 is 9.72. The Kier molecular flexibility index (Phi) is 8.82. The van der Waals surface area contributed by atoms with Gasteiger partial charge in [-0.3, -0.25) is 14.4 Å². The van der Waals surface area contributed by atoms with Gasteiger partial charge in [0.05, 0.1) is 7.11 Å². The van der Waals surface area contributed by atoms with E-state index in [9.17, 15) is 19.2 Å². The van der Waals surface area contributed by atoms with E-state index < -0.39 is 41.6 Å². The number of benzene rings is 1. The van der Waals surface area contributed by atoms with Crippen LogP contribution in [-0.4, -0.2) is 61.1 Å². The van der Waals surface area contributed by atoms with Gasteiger partial charge in [-0.25, -0.2) is 4.79 Å². The van der Waals surface area contributed by atoms with Crippen LogP contribution in [-0.2, 0) is 23.9 Å². The number of nitrogens with zero attached hydrogens (tertiary/aromatic N) is 1. The first-order chi connectivity index (χ1) is 13.9. The standard InChI is InChI=1S/C21H31N3O6/c1-13-10-8-9-11-15(13)17(18(26)22-12-16(25)29-7)24(6)19(27)14(2)23-20(28)30-21(3,4)5/h8-11,14,17H,12H2,1-7H3,(H,22,26)(H,23,28). The molecule has 1 rings (SSSR count). The van der Waals surface area contributed by atoms with Crippen molar-refractivity contribution in [1.29, 1.82) is 0 Å². The molecule has 0 saturated heterocycles. The SMILES string of the molecule is COC(=O)CNC(=O)C(c1ccccc1C)N(C)C(=O)C(C)NC(=O)OC(C)(C)C. The van der Waals surface area contributed by atoms with Crippen molar-refractivity contribution in [2.45, 2.75) is 52.3 Å². The topological polar surface area (TPSA) is 114 Å². The highest BCUT2D eigenvalue weighted by Crippen LogP contribution is 2.24. The van der Waals surface area contributed by atoms with Gasteiger partial charge < -0.3 is 25.0 Å². The Balaban J connectivity index is 3.06. The smallest absolute Gasteiger partial charge is 0.408 e. The lowest BCUT2D eigenvalue weighted by Gasteiger charge is -2.31. The molecule has 30 heavy (non-hydrogen) atoms.